The first-order valence-corrected chi connectivity index (χ1v) is 7.39. The Balaban J connectivity index is 2.16. The summed E-state index contributed by atoms with van der Waals surface area (Å²) in [6.07, 6.45) is 0. The third kappa shape index (κ3) is 3.92. The summed E-state index contributed by atoms with van der Waals surface area (Å²) in [7, 11) is 1.54. The highest BCUT2D eigenvalue weighted by molar-refractivity contribution is 6.31. The van der Waals surface area contributed by atoms with Gasteiger partial charge in [-0.25, -0.2) is 4.79 Å². The molecule has 5 heteroatoms. The van der Waals surface area contributed by atoms with Crippen molar-refractivity contribution in [1.29, 1.82) is 0 Å². The average Bonchev–Trinajstić information content (AvgIpc) is 2.47. The summed E-state index contributed by atoms with van der Waals surface area (Å²) in [6, 6.07) is 12.4. The molecule has 2 rings (SSSR count). The van der Waals surface area contributed by atoms with E-state index in [1.165, 1.54) is 0 Å². The average molecular weight is 319 g/mol. The number of hydrogen-bond acceptors (Lipinski definition) is 2. The number of carbonyl (C=O) groups is 1. The van der Waals surface area contributed by atoms with Crippen molar-refractivity contribution in [2.75, 3.05) is 17.7 Å². The second kappa shape index (κ2) is 7.18. The van der Waals surface area contributed by atoms with Crippen LogP contribution in [0.3, 0.4) is 0 Å². The molecule has 0 saturated heterocycles. The highest BCUT2D eigenvalue weighted by Gasteiger charge is 2.11. The fraction of sp³-hybridized carbons (Fsp3) is 0.235. The van der Waals surface area contributed by atoms with E-state index >= 15 is 0 Å². The van der Waals surface area contributed by atoms with Gasteiger partial charge in [0.1, 0.15) is 5.75 Å². The Morgan fingerprint density at radius 2 is 1.77 bits per heavy atom. The minimum absolute atomic E-state index is 0.317. The zero-order valence-corrected chi connectivity index (χ0v) is 13.6. The van der Waals surface area contributed by atoms with E-state index in [0.717, 1.165) is 11.3 Å². The zero-order chi connectivity index (χ0) is 16.1. The lowest BCUT2D eigenvalue weighted by molar-refractivity contribution is 0.262. The lowest BCUT2D eigenvalue weighted by Gasteiger charge is -2.15. The topological polar surface area (TPSA) is 50.4 Å². The van der Waals surface area contributed by atoms with Crippen molar-refractivity contribution in [1.82, 2.24) is 0 Å². The third-order valence-corrected chi connectivity index (χ3v) is 3.48. The summed E-state index contributed by atoms with van der Waals surface area (Å²) in [5.41, 5.74) is 2.39. The van der Waals surface area contributed by atoms with E-state index in [2.05, 4.69) is 24.5 Å². The van der Waals surface area contributed by atoms with Gasteiger partial charge in [-0.15, -0.1) is 0 Å². The van der Waals surface area contributed by atoms with Crippen molar-refractivity contribution in [2.45, 2.75) is 19.8 Å². The van der Waals surface area contributed by atoms with Crippen molar-refractivity contribution < 1.29 is 9.53 Å². The quantitative estimate of drug-likeness (QED) is 0.822. The Morgan fingerprint density at radius 3 is 2.45 bits per heavy atom. The predicted octanol–water partition coefficient (Wildman–Crippen LogP) is 5.12. The first-order valence-electron chi connectivity index (χ1n) is 7.01. The van der Waals surface area contributed by atoms with Crippen LogP contribution in [0.25, 0.3) is 0 Å². The molecule has 0 radical (unpaired) electrons. The van der Waals surface area contributed by atoms with Gasteiger partial charge in [-0.1, -0.05) is 43.6 Å². The second-order valence-corrected chi connectivity index (χ2v) is 5.60. The van der Waals surface area contributed by atoms with Gasteiger partial charge in [0, 0.05) is 10.7 Å². The second-order valence-electron chi connectivity index (χ2n) is 5.17. The number of amides is 2. The molecule has 2 N–H and O–H groups in total. The molecule has 0 heterocycles. The minimum Gasteiger partial charge on any atom is -0.495 e. The number of para-hydroxylation sites is 1. The van der Waals surface area contributed by atoms with Gasteiger partial charge in [-0.3, -0.25) is 0 Å². The molecule has 0 bridgehead atoms. The molecule has 0 atom stereocenters. The molecule has 0 spiro atoms. The maximum atomic E-state index is 12.2. The zero-order valence-electron chi connectivity index (χ0n) is 12.8. The summed E-state index contributed by atoms with van der Waals surface area (Å²) in [5.74, 6) is 0.869. The molecule has 2 amide bonds. The van der Waals surface area contributed by atoms with Gasteiger partial charge in [0.2, 0.25) is 0 Å². The van der Waals surface area contributed by atoms with Gasteiger partial charge in [0.25, 0.3) is 0 Å². The molecule has 2 aromatic carbocycles. The van der Waals surface area contributed by atoms with Crippen LogP contribution < -0.4 is 15.4 Å². The number of ether oxygens (including phenoxy) is 1. The van der Waals surface area contributed by atoms with Crippen molar-refractivity contribution in [2.24, 2.45) is 0 Å². The molecule has 0 fully saturated rings. The normalized spacial score (nSPS) is 10.4. The van der Waals surface area contributed by atoms with Crippen molar-refractivity contribution >= 4 is 29.0 Å². The summed E-state index contributed by atoms with van der Waals surface area (Å²) < 4.78 is 5.21. The number of halogens is 1. The number of anilines is 2. The van der Waals surface area contributed by atoms with Crippen LogP contribution >= 0.6 is 11.6 Å². The van der Waals surface area contributed by atoms with Gasteiger partial charge in [-0.2, -0.15) is 0 Å². The monoisotopic (exact) mass is 318 g/mol. The van der Waals surface area contributed by atoms with Gasteiger partial charge in [0.05, 0.1) is 12.8 Å². The Hall–Kier alpha value is -2.20. The first-order chi connectivity index (χ1) is 10.5. The molecule has 0 aliphatic carbocycles. The predicted molar refractivity (Wildman–Crippen MR) is 91.2 cm³/mol. The maximum Gasteiger partial charge on any atom is 0.323 e. The number of urea groups is 1. The van der Waals surface area contributed by atoms with Gasteiger partial charge >= 0.3 is 6.03 Å². The van der Waals surface area contributed by atoms with Crippen molar-refractivity contribution in [3.63, 3.8) is 0 Å². The summed E-state index contributed by atoms with van der Waals surface area (Å²) in [4.78, 5) is 12.2. The van der Waals surface area contributed by atoms with Gasteiger partial charge in [-0.05, 0) is 35.7 Å². The summed E-state index contributed by atoms with van der Waals surface area (Å²) in [6.45, 7) is 4.16. The van der Waals surface area contributed by atoms with E-state index < -0.39 is 0 Å². The smallest absolute Gasteiger partial charge is 0.323 e. The number of methoxy groups -OCH3 is 1. The first kappa shape index (κ1) is 16.2. The Labute approximate surface area is 135 Å². The number of rotatable bonds is 4. The molecule has 0 saturated carbocycles. The molecule has 22 heavy (non-hydrogen) atoms. The molecule has 4 nitrogen and oxygen atoms in total. The van der Waals surface area contributed by atoms with Crippen LogP contribution in [0.2, 0.25) is 5.02 Å². The van der Waals surface area contributed by atoms with Gasteiger partial charge in [0.15, 0.2) is 0 Å². The summed E-state index contributed by atoms with van der Waals surface area (Å²) >= 11 is 5.96. The Morgan fingerprint density at radius 1 is 1.09 bits per heavy atom. The van der Waals surface area contributed by atoms with Crippen LogP contribution in [0.15, 0.2) is 42.5 Å². The number of nitrogens with one attached hydrogen (secondary N) is 2. The highest BCUT2D eigenvalue weighted by Crippen LogP contribution is 2.28. The fourth-order valence-corrected chi connectivity index (χ4v) is 2.34. The van der Waals surface area contributed by atoms with Crippen LogP contribution in [-0.4, -0.2) is 13.1 Å². The van der Waals surface area contributed by atoms with Crippen LogP contribution in [0.4, 0.5) is 16.2 Å². The molecule has 116 valence electrons. The highest BCUT2D eigenvalue weighted by atomic mass is 35.5. The van der Waals surface area contributed by atoms with Crippen molar-refractivity contribution in [3.05, 3.63) is 53.1 Å². The maximum absolute atomic E-state index is 12.2. The Bertz CT molecular complexity index is 671. The van der Waals surface area contributed by atoms with E-state index in [0.29, 0.717) is 22.4 Å². The van der Waals surface area contributed by atoms with E-state index in [1.807, 2.05) is 24.3 Å². The minimum atomic E-state index is -0.339. The van der Waals surface area contributed by atoms with Crippen LogP contribution in [0, 0.1) is 0 Å². The van der Waals surface area contributed by atoms with Gasteiger partial charge < -0.3 is 15.4 Å². The van der Waals surface area contributed by atoms with E-state index in [-0.39, 0.29) is 6.03 Å². The Kier molecular flexibility index (Phi) is 5.28. The van der Waals surface area contributed by atoms with E-state index in [1.54, 1.807) is 25.3 Å². The van der Waals surface area contributed by atoms with E-state index in [9.17, 15) is 4.79 Å². The molecule has 0 unspecified atom stereocenters. The lowest BCUT2D eigenvalue weighted by atomic mass is 10.0. The molecule has 2 aromatic rings. The van der Waals surface area contributed by atoms with Crippen LogP contribution in [-0.2, 0) is 0 Å². The molecule has 0 aliphatic rings. The SMILES string of the molecule is COc1ccc(Cl)cc1NC(=O)Nc1ccccc1C(C)C. The fourth-order valence-electron chi connectivity index (χ4n) is 2.17. The van der Waals surface area contributed by atoms with Crippen LogP contribution in [0.5, 0.6) is 5.75 Å². The largest absolute Gasteiger partial charge is 0.495 e. The number of carbonyl (C=O) groups excluding carboxylic acids is 1. The van der Waals surface area contributed by atoms with Crippen molar-refractivity contribution in [3.8, 4) is 5.75 Å². The van der Waals surface area contributed by atoms with Crippen LogP contribution in [0.1, 0.15) is 25.3 Å². The number of benzene rings is 2. The molecule has 0 aliphatic heterocycles. The van der Waals surface area contributed by atoms with E-state index in [4.69, 9.17) is 16.3 Å². The standard InChI is InChI=1S/C17H19ClN2O2/c1-11(2)13-6-4-5-7-14(13)19-17(21)20-15-10-12(18)8-9-16(15)22-3/h4-11H,1-3H3,(H2,19,20,21). The lowest BCUT2D eigenvalue weighted by Crippen LogP contribution is -2.20. The molecular weight excluding hydrogens is 300 g/mol. The molecule has 0 aromatic heterocycles. The number of hydrogen-bond donors (Lipinski definition) is 2. The summed E-state index contributed by atoms with van der Waals surface area (Å²) in [5, 5.41) is 6.15. The third-order valence-electron chi connectivity index (χ3n) is 3.24. The molecular formula is C17H19ClN2O2.